The lowest BCUT2D eigenvalue weighted by molar-refractivity contribution is -0.122. The van der Waals surface area contributed by atoms with Crippen molar-refractivity contribution >= 4 is 5.91 Å². The lowest BCUT2D eigenvalue weighted by atomic mass is 10.2. The summed E-state index contributed by atoms with van der Waals surface area (Å²) in [5.74, 6) is 0.779. The molecule has 72 valence electrons. The first-order valence-corrected chi connectivity index (χ1v) is 4.15. The largest absolute Gasteiger partial charge is 0.358 e. The van der Waals surface area contributed by atoms with Gasteiger partial charge in [-0.05, 0) is 7.05 Å². The summed E-state index contributed by atoms with van der Waals surface area (Å²) < 4.78 is 0. The van der Waals surface area contributed by atoms with E-state index in [0.717, 1.165) is 5.82 Å². The van der Waals surface area contributed by atoms with E-state index in [9.17, 15) is 4.79 Å². The molecule has 0 radical (unpaired) electrons. The maximum absolute atomic E-state index is 11.3. The first kappa shape index (κ1) is 9.73. The predicted molar refractivity (Wildman–Crippen MR) is 49.2 cm³/mol. The Morgan fingerprint density at radius 1 is 1.69 bits per heavy atom. The Morgan fingerprint density at radius 3 is 2.92 bits per heavy atom. The van der Waals surface area contributed by atoms with Crippen LogP contribution in [0.5, 0.6) is 0 Å². The highest BCUT2D eigenvalue weighted by Crippen LogP contribution is 1.95. The fourth-order valence-corrected chi connectivity index (χ4v) is 1.10. The predicted octanol–water partition coefficient (Wildman–Crippen LogP) is -0.714. The number of hydrogen-bond acceptors (Lipinski definition) is 3. The lowest BCUT2D eigenvalue weighted by Gasteiger charge is -2.12. The first-order valence-electron chi connectivity index (χ1n) is 4.15. The molecule has 1 heterocycles. The van der Waals surface area contributed by atoms with Crippen LogP contribution in [0.2, 0.25) is 0 Å². The lowest BCUT2D eigenvalue weighted by Crippen LogP contribution is -2.42. The summed E-state index contributed by atoms with van der Waals surface area (Å²) >= 11 is 0. The monoisotopic (exact) mass is 182 g/mol. The van der Waals surface area contributed by atoms with Crippen molar-refractivity contribution in [1.82, 2.24) is 20.6 Å². The van der Waals surface area contributed by atoms with Crippen molar-refractivity contribution in [1.29, 1.82) is 0 Å². The van der Waals surface area contributed by atoms with Crippen LogP contribution in [0.1, 0.15) is 5.82 Å². The van der Waals surface area contributed by atoms with Gasteiger partial charge in [0.1, 0.15) is 5.82 Å². The first-order chi connectivity index (χ1) is 6.27. The van der Waals surface area contributed by atoms with E-state index >= 15 is 0 Å². The van der Waals surface area contributed by atoms with Gasteiger partial charge in [0.05, 0.1) is 6.04 Å². The Labute approximate surface area is 76.9 Å². The highest BCUT2D eigenvalue weighted by atomic mass is 16.2. The van der Waals surface area contributed by atoms with Crippen LogP contribution in [-0.4, -0.2) is 36.0 Å². The summed E-state index contributed by atoms with van der Waals surface area (Å²) in [6.45, 7) is 0. The molecule has 0 fully saturated rings. The number of hydrogen-bond donors (Lipinski definition) is 3. The standard InChI is InChI=1S/C8H14N4O/c1-9-6(8(13)10-2)5-7-11-3-4-12-7/h3-4,6,9H,5H2,1-2H3,(H,10,13)(H,11,12)/t6-/m0/s1. The van der Waals surface area contributed by atoms with Gasteiger partial charge >= 0.3 is 0 Å². The number of rotatable bonds is 4. The van der Waals surface area contributed by atoms with Crippen molar-refractivity contribution < 1.29 is 4.79 Å². The van der Waals surface area contributed by atoms with Gasteiger partial charge in [-0.15, -0.1) is 0 Å². The molecule has 0 aliphatic rings. The molecule has 0 saturated heterocycles. The van der Waals surface area contributed by atoms with Crippen LogP contribution in [0.15, 0.2) is 12.4 Å². The summed E-state index contributed by atoms with van der Waals surface area (Å²) in [7, 11) is 3.37. The van der Waals surface area contributed by atoms with Gasteiger partial charge in [-0.1, -0.05) is 0 Å². The van der Waals surface area contributed by atoms with Crippen LogP contribution in [0, 0.1) is 0 Å². The van der Waals surface area contributed by atoms with Crippen LogP contribution in [0.3, 0.4) is 0 Å². The van der Waals surface area contributed by atoms with E-state index in [-0.39, 0.29) is 11.9 Å². The molecule has 0 aliphatic heterocycles. The number of likely N-dealkylation sites (N-methyl/N-ethyl adjacent to an activating group) is 2. The maximum Gasteiger partial charge on any atom is 0.237 e. The summed E-state index contributed by atoms with van der Waals surface area (Å²) in [4.78, 5) is 18.2. The average Bonchev–Trinajstić information content (AvgIpc) is 2.65. The number of carbonyl (C=O) groups excluding carboxylic acids is 1. The van der Waals surface area contributed by atoms with Gasteiger partial charge in [-0.2, -0.15) is 0 Å². The van der Waals surface area contributed by atoms with E-state index in [1.807, 2.05) is 0 Å². The average molecular weight is 182 g/mol. The minimum atomic E-state index is -0.226. The molecule has 13 heavy (non-hydrogen) atoms. The van der Waals surface area contributed by atoms with E-state index < -0.39 is 0 Å². The van der Waals surface area contributed by atoms with Crippen LogP contribution >= 0.6 is 0 Å². The Kier molecular flexibility index (Phi) is 3.45. The van der Waals surface area contributed by atoms with Crippen molar-refractivity contribution in [3.05, 3.63) is 18.2 Å². The van der Waals surface area contributed by atoms with Crippen LogP contribution in [-0.2, 0) is 11.2 Å². The minimum Gasteiger partial charge on any atom is -0.358 e. The minimum absolute atomic E-state index is 0.0288. The molecule has 1 amide bonds. The topological polar surface area (TPSA) is 69.8 Å². The highest BCUT2D eigenvalue weighted by molar-refractivity contribution is 5.81. The van der Waals surface area contributed by atoms with Crippen molar-refractivity contribution in [2.45, 2.75) is 12.5 Å². The number of carbonyl (C=O) groups is 1. The van der Waals surface area contributed by atoms with Crippen LogP contribution in [0.25, 0.3) is 0 Å². The Bertz CT molecular complexity index is 257. The van der Waals surface area contributed by atoms with E-state index in [4.69, 9.17) is 0 Å². The quantitative estimate of drug-likeness (QED) is 0.576. The molecule has 0 aliphatic carbocycles. The molecule has 1 aromatic heterocycles. The third kappa shape index (κ3) is 2.55. The van der Waals surface area contributed by atoms with Gasteiger partial charge in [0.15, 0.2) is 0 Å². The molecule has 0 spiro atoms. The zero-order chi connectivity index (χ0) is 9.68. The molecular weight excluding hydrogens is 168 g/mol. The molecule has 1 atom stereocenters. The van der Waals surface area contributed by atoms with Gasteiger partial charge in [-0.25, -0.2) is 4.98 Å². The van der Waals surface area contributed by atoms with Gasteiger partial charge in [-0.3, -0.25) is 4.79 Å². The summed E-state index contributed by atoms with van der Waals surface area (Å²) in [5, 5.41) is 5.50. The van der Waals surface area contributed by atoms with Crippen molar-refractivity contribution in [3.8, 4) is 0 Å². The molecule has 5 nitrogen and oxygen atoms in total. The SMILES string of the molecule is CNC(=O)[C@H](Cc1ncc[nH]1)NC. The molecule has 1 rings (SSSR count). The van der Waals surface area contributed by atoms with Gasteiger partial charge in [0.2, 0.25) is 5.91 Å². The maximum atomic E-state index is 11.3. The number of nitrogens with zero attached hydrogens (tertiary/aromatic N) is 1. The second-order valence-electron chi connectivity index (χ2n) is 2.70. The number of nitrogens with one attached hydrogen (secondary N) is 3. The number of imidazole rings is 1. The third-order valence-corrected chi connectivity index (χ3v) is 1.86. The van der Waals surface area contributed by atoms with E-state index in [1.165, 1.54) is 0 Å². The Hall–Kier alpha value is -1.36. The van der Waals surface area contributed by atoms with Crippen molar-refractivity contribution in [3.63, 3.8) is 0 Å². The number of amides is 1. The van der Waals surface area contributed by atoms with Crippen LogP contribution < -0.4 is 10.6 Å². The van der Waals surface area contributed by atoms with Crippen LogP contribution in [0.4, 0.5) is 0 Å². The summed E-state index contributed by atoms with van der Waals surface area (Å²) in [5.41, 5.74) is 0. The van der Waals surface area contributed by atoms with E-state index in [2.05, 4.69) is 20.6 Å². The normalized spacial score (nSPS) is 12.5. The summed E-state index contributed by atoms with van der Waals surface area (Å²) in [6.07, 6.45) is 3.99. The second kappa shape index (κ2) is 4.61. The fraction of sp³-hybridized carbons (Fsp3) is 0.500. The Balaban J connectivity index is 2.54. The number of H-pyrrole nitrogens is 1. The number of aromatic nitrogens is 2. The van der Waals surface area contributed by atoms with Gasteiger partial charge < -0.3 is 15.6 Å². The second-order valence-corrected chi connectivity index (χ2v) is 2.70. The van der Waals surface area contributed by atoms with E-state index in [0.29, 0.717) is 6.42 Å². The molecule has 1 aromatic rings. The third-order valence-electron chi connectivity index (χ3n) is 1.86. The van der Waals surface area contributed by atoms with Crippen molar-refractivity contribution in [2.24, 2.45) is 0 Å². The summed E-state index contributed by atoms with van der Waals surface area (Å²) in [6, 6.07) is -0.226. The number of aromatic amines is 1. The van der Waals surface area contributed by atoms with Crippen molar-refractivity contribution in [2.75, 3.05) is 14.1 Å². The molecule has 5 heteroatoms. The molecular formula is C8H14N4O. The van der Waals surface area contributed by atoms with E-state index in [1.54, 1.807) is 26.5 Å². The fourth-order valence-electron chi connectivity index (χ4n) is 1.10. The highest BCUT2D eigenvalue weighted by Gasteiger charge is 2.15. The zero-order valence-corrected chi connectivity index (χ0v) is 7.79. The zero-order valence-electron chi connectivity index (χ0n) is 7.79. The molecule has 3 N–H and O–H groups in total. The molecule has 0 unspecified atom stereocenters. The Morgan fingerprint density at radius 2 is 2.46 bits per heavy atom. The molecule has 0 aromatic carbocycles. The molecule has 0 bridgehead atoms. The smallest absolute Gasteiger partial charge is 0.237 e. The van der Waals surface area contributed by atoms with Gasteiger partial charge in [0.25, 0.3) is 0 Å². The van der Waals surface area contributed by atoms with Gasteiger partial charge in [0, 0.05) is 25.9 Å². The molecule has 0 saturated carbocycles.